The Labute approximate surface area is 217 Å². The van der Waals surface area contributed by atoms with Crippen LogP contribution >= 0.6 is 0 Å². The summed E-state index contributed by atoms with van der Waals surface area (Å²) in [6.07, 6.45) is 2.11. The van der Waals surface area contributed by atoms with Crippen molar-refractivity contribution in [1.82, 2.24) is 0 Å². The van der Waals surface area contributed by atoms with Gasteiger partial charge in [-0.25, -0.2) is 0 Å². The number of benzene rings is 3. The van der Waals surface area contributed by atoms with Gasteiger partial charge >= 0.3 is 218 Å². The first kappa shape index (κ1) is 23.1. The summed E-state index contributed by atoms with van der Waals surface area (Å²) < 4.78 is 41.6. The summed E-state index contributed by atoms with van der Waals surface area (Å²) in [5.74, 6) is -0.0349. The van der Waals surface area contributed by atoms with E-state index in [1.54, 1.807) is 20.1 Å². The van der Waals surface area contributed by atoms with Crippen molar-refractivity contribution in [1.29, 1.82) is 0 Å². The third kappa shape index (κ3) is 6.08. The van der Waals surface area contributed by atoms with Crippen LogP contribution in [-0.4, -0.2) is 51.4 Å². The Morgan fingerprint density at radius 3 is 1.94 bits per heavy atom. The molecule has 0 saturated carbocycles. The van der Waals surface area contributed by atoms with Crippen LogP contribution < -0.4 is 10.7 Å². The van der Waals surface area contributed by atoms with E-state index in [9.17, 15) is 0 Å². The molecule has 1 fully saturated rings. The molecule has 1 heterocycles. The molecule has 0 N–H and O–H groups in total. The minimum absolute atomic E-state index is 0.323. The van der Waals surface area contributed by atoms with Crippen molar-refractivity contribution in [3.8, 4) is 0 Å². The Morgan fingerprint density at radius 1 is 0.943 bits per heavy atom. The molecule has 3 aromatic rings. The predicted octanol–water partition coefficient (Wildman–Crippen LogP) is 4.61. The number of hydrogen-bond acceptors (Lipinski definition) is 3. The molecule has 0 spiro atoms. The van der Waals surface area contributed by atoms with Crippen LogP contribution in [0.25, 0.3) is 0 Å². The van der Waals surface area contributed by atoms with E-state index < -0.39 is 30.9 Å². The first-order valence-corrected chi connectivity index (χ1v) is 18.2. The summed E-state index contributed by atoms with van der Waals surface area (Å²) in [4.78, 5) is 0. The van der Waals surface area contributed by atoms with Gasteiger partial charge in [-0.2, -0.15) is 0 Å². The van der Waals surface area contributed by atoms with E-state index in [2.05, 4.69) is 95.1 Å². The molecule has 3 nitrogen and oxygen atoms in total. The third-order valence-corrected chi connectivity index (χ3v) is 19.6. The fourth-order valence-electron chi connectivity index (χ4n) is 4.78. The molecular weight excluding hydrogens is 539 g/mol. The second kappa shape index (κ2) is 12.6. The van der Waals surface area contributed by atoms with E-state index in [0.717, 1.165) is 5.57 Å². The molecule has 0 amide bonds. The summed E-state index contributed by atoms with van der Waals surface area (Å²) >= 11 is -3.76. The zero-order valence-corrected chi connectivity index (χ0v) is 23.7. The number of hydrogen-bond donors (Lipinski definition) is 0. The molecule has 0 aromatic heterocycles. The van der Waals surface area contributed by atoms with E-state index in [4.69, 9.17) is 17.0 Å². The van der Waals surface area contributed by atoms with Gasteiger partial charge in [0.1, 0.15) is 0 Å². The van der Waals surface area contributed by atoms with Crippen LogP contribution in [0.2, 0.25) is 0 Å². The van der Waals surface area contributed by atoms with Crippen molar-refractivity contribution in [2.24, 2.45) is 5.92 Å². The summed E-state index contributed by atoms with van der Waals surface area (Å²) in [6.45, 7) is 2.73. The summed E-state index contributed by atoms with van der Waals surface area (Å²) in [7, 11) is 1.61. The second-order valence-corrected chi connectivity index (χ2v) is 19.3. The summed E-state index contributed by atoms with van der Waals surface area (Å²) in [5, 5.41) is 0. The maximum atomic E-state index is 9.03. The molecule has 182 valence electrons. The first-order valence-electron chi connectivity index (χ1n) is 13.2. The van der Waals surface area contributed by atoms with Gasteiger partial charge in [-0.05, 0) is 0 Å². The second-order valence-electron chi connectivity index (χ2n) is 8.92. The third-order valence-electron chi connectivity index (χ3n) is 6.61. The van der Waals surface area contributed by atoms with Crippen LogP contribution in [0.1, 0.15) is 23.0 Å². The molecule has 2 atom stereocenters. The van der Waals surface area contributed by atoms with Gasteiger partial charge < -0.3 is 0 Å². The Morgan fingerprint density at radius 2 is 1.46 bits per heavy atom. The average Bonchev–Trinajstić information content (AvgIpc) is 2.91. The molecule has 4 heteroatoms. The van der Waals surface area contributed by atoms with Crippen LogP contribution in [-0.2, 0) is 14.2 Å². The molecule has 4 rings (SSSR count). The fourth-order valence-corrected chi connectivity index (χ4v) is 17.7. The molecule has 0 aliphatic carbocycles. The number of rotatable bonds is 9. The topological polar surface area (TPSA) is 27.7 Å². The van der Waals surface area contributed by atoms with Gasteiger partial charge in [0.05, 0.1) is 0 Å². The molecule has 1 aliphatic heterocycles. The Balaban J connectivity index is 1.94. The average molecular weight is 577 g/mol. The number of allylic oxidation sites excluding steroid dienone is 1. The monoisotopic (exact) mass is 578 g/mol. The normalized spacial score (nSPS) is 21.3. The van der Waals surface area contributed by atoms with E-state index in [1.165, 1.54) is 10.7 Å². The van der Waals surface area contributed by atoms with Gasteiger partial charge in [0, 0.05) is 0 Å². The van der Waals surface area contributed by atoms with Gasteiger partial charge in [-0.3, -0.25) is 0 Å². The maximum absolute atomic E-state index is 9.03. The van der Waals surface area contributed by atoms with E-state index in [-0.39, 0.29) is 6.10 Å². The minimum atomic E-state index is -3.76. The fraction of sp³-hybridized carbons (Fsp3) is 0.290. The predicted molar refractivity (Wildman–Crippen MR) is 147 cm³/mol. The molecule has 1 saturated heterocycles. The zero-order chi connectivity index (χ0) is 26.3. The zero-order valence-electron chi connectivity index (χ0n) is 22.8. The van der Waals surface area contributed by atoms with Crippen molar-refractivity contribution in [2.45, 2.75) is 26.4 Å². The van der Waals surface area contributed by atoms with Crippen LogP contribution in [0.15, 0.2) is 112 Å². The first-order chi connectivity index (χ1) is 17.9. The van der Waals surface area contributed by atoms with Crippen molar-refractivity contribution >= 4 is 29.1 Å². The SMILES string of the molecule is [2H]C([2H])(O/C(C)=C/COC)[C@H]1/C(=[CH]/[Sn]([c]2ccccc2)([c]2ccccc2)[c]2ccccc2)CCO[C@H]1C. The molecule has 35 heavy (non-hydrogen) atoms. The molecule has 0 radical (unpaired) electrons. The van der Waals surface area contributed by atoms with Crippen LogP contribution in [0.3, 0.4) is 0 Å². The van der Waals surface area contributed by atoms with Crippen molar-refractivity contribution in [3.63, 3.8) is 0 Å². The quantitative estimate of drug-likeness (QED) is 0.275. The van der Waals surface area contributed by atoms with Crippen molar-refractivity contribution in [3.05, 3.63) is 112 Å². The van der Waals surface area contributed by atoms with Crippen molar-refractivity contribution < 1.29 is 17.0 Å². The van der Waals surface area contributed by atoms with E-state index >= 15 is 0 Å². The summed E-state index contributed by atoms with van der Waals surface area (Å²) in [5.41, 5.74) is 1.08. The Bertz CT molecular complexity index is 1100. The van der Waals surface area contributed by atoms with E-state index in [0.29, 0.717) is 25.4 Å². The van der Waals surface area contributed by atoms with Crippen molar-refractivity contribution in [2.75, 3.05) is 26.9 Å². The van der Waals surface area contributed by atoms with Crippen LogP contribution in [0.5, 0.6) is 0 Å². The van der Waals surface area contributed by atoms with Crippen LogP contribution in [0.4, 0.5) is 0 Å². The Hall–Kier alpha value is -2.34. The number of methoxy groups -OCH3 is 1. The molecule has 0 unspecified atom stereocenters. The molecule has 3 aromatic carbocycles. The van der Waals surface area contributed by atoms with Gasteiger partial charge in [0.2, 0.25) is 0 Å². The Kier molecular flexibility index (Phi) is 8.29. The van der Waals surface area contributed by atoms with Gasteiger partial charge in [0.25, 0.3) is 0 Å². The standard InChI is InChI=1S/C13H21O3.3C6H5.Sn/c1-10-5-8-15-12(3)13(10)9-16-11(2)6-7-14-4;3*1-2-4-6-5-3-1;/h1,6,12-13H,5,7-9H2,2-4H3;3*1-5H;/b10-1?,11-6+;;;;/t12-,13-;;;;/m0..../s1/i9D2;;;;. The van der Waals surface area contributed by atoms with Crippen LogP contribution in [0, 0.1) is 5.92 Å². The molecule has 0 bridgehead atoms. The number of ether oxygens (including phenoxy) is 3. The molecule has 1 aliphatic rings. The van der Waals surface area contributed by atoms with Gasteiger partial charge in [-0.1, -0.05) is 0 Å². The van der Waals surface area contributed by atoms with Gasteiger partial charge in [0.15, 0.2) is 0 Å². The van der Waals surface area contributed by atoms with Gasteiger partial charge in [-0.15, -0.1) is 0 Å². The summed E-state index contributed by atoms with van der Waals surface area (Å²) in [6, 6.07) is 32.3. The van der Waals surface area contributed by atoms with E-state index in [1.807, 2.05) is 6.92 Å². The molecular formula is C31H36O3Sn.